The van der Waals surface area contributed by atoms with E-state index in [4.69, 9.17) is 4.74 Å². The predicted octanol–water partition coefficient (Wildman–Crippen LogP) is 3.31. The summed E-state index contributed by atoms with van der Waals surface area (Å²) in [7, 11) is 1.59. The second-order valence-electron chi connectivity index (χ2n) is 4.25. The highest BCUT2D eigenvalue weighted by atomic mass is 16.5. The minimum absolute atomic E-state index is 0.0210. The van der Waals surface area contributed by atoms with E-state index >= 15 is 0 Å². The van der Waals surface area contributed by atoms with E-state index in [9.17, 15) is 10.1 Å². The molecule has 1 unspecified atom stereocenters. The number of nitriles is 1. The molecule has 0 saturated carbocycles. The maximum absolute atomic E-state index is 12.2. The third-order valence-electron chi connectivity index (χ3n) is 3.25. The molecule has 0 aliphatic rings. The van der Waals surface area contributed by atoms with Crippen LogP contribution >= 0.6 is 0 Å². The zero-order valence-corrected chi connectivity index (χ0v) is 11.1. The van der Waals surface area contributed by atoms with Crippen molar-refractivity contribution in [1.82, 2.24) is 0 Å². The van der Waals surface area contributed by atoms with Crippen molar-refractivity contribution in [3.05, 3.63) is 29.8 Å². The molecule has 1 aromatic carbocycles. The minimum Gasteiger partial charge on any atom is -0.497 e. The molecular weight excluding hydrogens is 226 g/mol. The van der Waals surface area contributed by atoms with E-state index in [1.807, 2.05) is 13.8 Å². The van der Waals surface area contributed by atoms with Gasteiger partial charge < -0.3 is 4.74 Å². The van der Waals surface area contributed by atoms with Crippen LogP contribution < -0.4 is 4.74 Å². The molecule has 0 radical (unpaired) electrons. The fourth-order valence-electron chi connectivity index (χ4n) is 2.03. The Balaban J connectivity index is 2.95. The lowest BCUT2D eigenvalue weighted by atomic mass is 9.85. The van der Waals surface area contributed by atoms with Gasteiger partial charge in [0.05, 0.1) is 13.2 Å². The Morgan fingerprint density at radius 2 is 1.83 bits per heavy atom. The number of ether oxygens (including phenoxy) is 1. The van der Waals surface area contributed by atoms with Crippen LogP contribution in [0, 0.1) is 17.2 Å². The second kappa shape index (κ2) is 6.80. The first-order chi connectivity index (χ1) is 8.67. The fourth-order valence-corrected chi connectivity index (χ4v) is 2.03. The number of hydrogen-bond acceptors (Lipinski definition) is 3. The van der Waals surface area contributed by atoms with E-state index in [1.165, 1.54) is 0 Å². The van der Waals surface area contributed by atoms with Gasteiger partial charge in [-0.05, 0) is 30.5 Å². The van der Waals surface area contributed by atoms with Gasteiger partial charge in [-0.2, -0.15) is 5.26 Å². The first-order valence-electron chi connectivity index (χ1n) is 6.25. The number of rotatable bonds is 6. The summed E-state index contributed by atoms with van der Waals surface area (Å²) in [5, 5.41) is 9.21. The monoisotopic (exact) mass is 245 g/mol. The molecule has 18 heavy (non-hydrogen) atoms. The highest BCUT2D eigenvalue weighted by Crippen LogP contribution is 2.25. The smallest absolute Gasteiger partial charge is 0.157 e. The van der Waals surface area contributed by atoms with Gasteiger partial charge in [-0.3, -0.25) is 4.79 Å². The number of Topliss-reactive ketones (excluding diaryl/α,β-unsaturated/α-hetero) is 1. The standard InChI is InChI=1S/C15H19NO2/c1-4-11(5-2)15(17)14(10-16)12-6-8-13(18-3)9-7-12/h6-9,11,14H,4-5H2,1-3H3. The van der Waals surface area contributed by atoms with Crippen molar-refractivity contribution < 1.29 is 9.53 Å². The average Bonchev–Trinajstić information content (AvgIpc) is 2.42. The number of methoxy groups -OCH3 is 1. The first kappa shape index (κ1) is 14.2. The highest BCUT2D eigenvalue weighted by molar-refractivity contribution is 5.90. The van der Waals surface area contributed by atoms with Crippen molar-refractivity contribution in [2.75, 3.05) is 7.11 Å². The van der Waals surface area contributed by atoms with Gasteiger partial charge in [-0.15, -0.1) is 0 Å². The van der Waals surface area contributed by atoms with Crippen molar-refractivity contribution in [2.45, 2.75) is 32.6 Å². The number of carbonyl (C=O) groups excluding carboxylic acids is 1. The van der Waals surface area contributed by atoms with Crippen LogP contribution in [0.1, 0.15) is 38.2 Å². The summed E-state index contributed by atoms with van der Waals surface area (Å²) in [4.78, 5) is 12.2. The van der Waals surface area contributed by atoms with Crippen LogP contribution in [0.5, 0.6) is 5.75 Å². The molecule has 0 saturated heterocycles. The highest BCUT2D eigenvalue weighted by Gasteiger charge is 2.25. The summed E-state index contributed by atoms with van der Waals surface area (Å²) in [6, 6.07) is 9.24. The predicted molar refractivity (Wildman–Crippen MR) is 70.4 cm³/mol. The molecule has 0 aliphatic heterocycles. The van der Waals surface area contributed by atoms with Crippen LogP contribution in [0.4, 0.5) is 0 Å². The van der Waals surface area contributed by atoms with Crippen LogP contribution in [0.3, 0.4) is 0 Å². The van der Waals surface area contributed by atoms with Crippen LogP contribution in [0.15, 0.2) is 24.3 Å². The lowest BCUT2D eigenvalue weighted by Crippen LogP contribution is -2.20. The maximum Gasteiger partial charge on any atom is 0.157 e. The van der Waals surface area contributed by atoms with Gasteiger partial charge in [0.15, 0.2) is 5.78 Å². The number of nitrogens with zero attached hydrogens (tertiary/aromatic N) is 1. The van der Waals surface area contributed by atoms with E-state index in [-0.39, 0.29) is 11.7 Å². The minimum atomic E-state index is -0.666. The SMILES string of the molecule is CCC(CC)C(=O)C(C#N)c1ccc(OC)cc1. The number of ketones is 1. The van der Waals surface area contributed by atoms with Gasteiger partial charge >= 0.3 is 0 Å². The lowest BCUT2D eigenvalue weighted by Gasteiger charge is -2.15. The molecule has 0 N–H and O–H groups in total. The first-order valence-corrected chi connectivity index (χ1v) is 6.25. The van der Waals surface area contributed by atoms with Gasteiger partial charge in [0.1, 0.15) is 11.7 Å². The molecule has 3 nitrogen and oxygen atoms in total. The zero-order valence-electron chi connectivity index (χ0n) is 11.1. The molecule has 0 bridgehead atoms. The Bertz CT molecular complexity index is 427. The molecule has 1 aromatic rings. The summed E-state index contributed by atoms with van der Waals surface area (Å²) < 4.78 is 5.06. The lowest BCUT2D eigenvalue weighted by molar-refractivity contribution is -0.123. The molecule has 0 aliphatic carbocycles. The van der Waals surface area contributed by atoms with Crippen LogP contribution in [0.25, 0.3) is 0 Å². The maximum atomic E-state index is 12.2. The topological polar surface area (TPSA) is 50.1 Å². The van der Waals surface area contributed by atoms with Crippen LogP contribution in [-0.2, 0) is 4.79 Å². The van der Waals surface area contributed by atoms with E-state index < -0.39 is 5.92 Å². The van der Waals surface area contributed by atoms with Gasteiger partial charge in [0, 0.05) is 5.92 Å². The van der Waals surface area contributed by atoms with Gasteiger partial charge in [-0.25, -0.2) is 0 Å². The van der Waals surface area contributed by atoms with E-state index in [0.717, 1.165) is 24.2 Å². The molecule has 0 heterocycles. The molecule has 0 amide bonds. The van der Waals surface area contributed by atoms with Gasteiger partial charge in [-0.1, -0.05) is 26.0 Å². The summed E-state index contributed by atoms with van der Waals surface area (Å²) in [6.45, 7) is 3.96. The van der Waals surface area contributed by atoms with Crippen molar-refractivity contribution in [3.8, 4) is 11.8 Å². The summed E-state index contributed by atoms with van der Waals surface area (Å²) in [6.07, 6.45) is 1.56. The number of carbonyl (C=O) groups is 1. The number of benzene rings is 1. The van der Waals surface area contributed by atoms with Crippen LogP contribution in [-0.4, -0.2) is 12.9 Å². The second-order valence-corrected chi connectivity index (χ2v) is 4.25. The third kappa shape index (κ3) is 3.10. The molecule has 0 fully saturated rings. The zero-order chi connectivity index (χ0) is 13.5. The molecule has 3 heteroatoms. The van der Waals surface area contributed by atoms with Crippen molar-refractivity contribution >= 4 is 5.78 Å². The molecule has 96 valence electrons. The molecule has 0 aromatic heterocycles. The molecule has 1 atom stereocenters. The largest absolute Gasteiger partial charge is 0.497 e. The molecular formula is C15H19NO2. The third-order valence-corrected chi connectivity index (χ3v) is 3.25. The molecule has 1 rings (SSSR count). The summed E-state index contributed by atoms with van der Waals surface area (Å²) >= 11 is 0. The summed E-state index contributed by atoms with van der Waals surface area (Å²) in [5.41, 5.74) is 0.746. The number of hydrogen-bond donors (Lipinski definition) is 0. The Labute approximate surface area is 108 Å². The Morgan fingerprint density at radius 3 is 2.22 bits per heavy atom. The fraction of sp³-hybridized carbons (Fsp3) is 0.467. The van der Waals surface area contributed by atoms with E-state index in [1.54, 1.807) is 31.4 Å². The van der Waals surface area contributed by atoms with Gasteiger partial charge in [0.25, 0.3) is 0 Å². The molecule has 0 spiro atoms. The van der Waals surface area contributed by atoms with E-state index in [2.05, 4.69) is 6.07 Å². The van der Waals surface area contributed by atoms with Crippen molar-refractivity contribution in [3.63, 3.8) is 0 Å². The quantitative estimate of drug-likeness (QED) is 0.772. The van der Waals surface area contributed by atoms with Gasteiger partial charge in [0.2, 0.25) is 0 Å². The van der Waals surface area contributed by atoms with Crippen molar-refractivity contribution in [2.24, 2.45) is 5.92 Å². The Morgan fingerprint density at radius 1 is 1.28 bits per heavy atom. The van der Waals surface area contributed by atoms with Crippen molar-refractivity contribution in [1.29, 1.82) is 5.26 Å². The average molecular weight is 245 g/mol. The van der Waals surface area contributed by atoms with E-state index in [0.29, 0.717) is 0 Å². The Hall–Kier alpha value is -1.82. The normalized spacial score (nSPS) is 11.9. The summed E-state index contributed by atoms with van der Waals surface area (Å²) in [5.74, 6) is 0.0515. The van der Waals surface area contributed by atoms with Crippen LogP contribution in [0.2, 0.25) is 0 Å². The Kier molecular flexibility index (Phi) is 5.38.